The zero-order valence-corrected chi connectivity index (χ0v) is 13.5. The van der Waals surface area contributed by atoms with Crippen LogP contribution < -0.4 is 10.1 Å². The summed E-state index contributed by atoms with van der Waals surface area (Å²) in [5.74, 6) is 0.214. The van der Waals surface area contributed by atoms with Crippen LogP contribution in [0.15, 0.2) is 18.5 Å². The van der Waals surface area contributed by atoms with Crippen molar-refractivity contribution in [1.82, 2.24) is 25.1 Å². The molecule has 1 aliphatic carbocycles. The monoisotopic (exact) mass is 331 g/mol. The lowest BCUT2D eigenvalue weighted by atomic mass is 9.82. The molecule has 24 heavy (non-hydrogen) atoms. The summed E-state index contributed by atoms with van der Waals surface area (Å²) in [6.45, 7) is 0.529. The molecule has 1 saturated heterocycles. The molecule has 2 aromatic heterocycles. The second-order valence-corrected chi connectivity index (χ2v) is 6.62. The standard InChI is InChI=1S/C16H21N5O3/c22-14(10-23-15-5-4-13-19-17-11-21(13)20-15)18-12-8-16(24-9-12)6-2-1-3-7-16/h4-5,11-12H,1-3,6-10H2,(H,18,22)/t12-/m1/s1. The Morgan fingerprint density at radius 2 is 2.25 bits per heavy atom. The van der Waals surface area contributed by atoms with E-state index in [4.69, 9.17) is 9.47 Å². The average Bonchev–Trinajstić information content (AvgIpc) is 3.20. The van der Waals surface area contributed by atoms with Gasteiger partial charge in [-0.05, 0) is 25.3 Å². The molecular weight excluding hydrogens is 310 g/mol. The van der Waals surface area contributed by atoms with Gasteiger partial charge >= 0.3 is 0 Å². The SMILES string of the molecule is O=C(COc1ccc2nncn2n1)N[C@H]1COC2(CCCCC2)C1. The van der Waals surface area contributed by atoms with Crippen molar-refractivity contribution < 1.29 is 14.3 Å². The minimum Gasteiger partial charge on any atom is -0.467 e. The van der Waals surface area contributed by atoms with E-state index in [-0.39, 0.29) is 24.2 Å². The van der Waals surface area contributed by atoms with Gasteiger partial charge in [-0.3, -0.25) is 4.79 Å². The molecule has 1 saturated carbocycles. The molecule has 1 aliphatic heterocycles. The highest BCUT2D eigenvalue weighted by Gasteiger charge is 2.41. The van der Waals surface area contributed by atoms with E-state index in [9.17, 15) is 4.79 Å². The first-order valence-corrected chi connectivity index (χ1v) is 8.46. The molecular formula is C16H21N5O3. The summed E-state index contributed by atoms with van der Waals surface area (Å²) in [6, 6.07) is 3.49. The van der Waals surface area contributed by atoms with Crippen LogP contribution in [0.4, 0.5) is 0 Å². The fourth-order valence-electron chi connectivity index (χ4n) is 3.68. The molecule has 1 spiro atoms. The van der Waals surface area contributed by atoms with E-state index in [0.29, 0.717) is 18.1 Å². The average molecular weight is 331 g/mol. The number of fused-ring (bicyclic) bond motifs is 1. The molecule has 128 valence electrons. The number of nitrogens with zero attached hydrogens (tertiary/aromatic N) is 4. The third-order valence-corrected chi connectivity index (χ3v) is 4.83. The van der Waals surface area contributed by atoms with Crippen molar-refractivity contribution in [3.63, 3.8) is 0 Å². The third kappa shape index (κ3) is 3.19. The van der Waals surface area contributed by atoms with Crippen molar-refractivity contribution in [2.45, 2.75) is 50.2 Å². The van der Waals surface area contributed by atoms with Gasteiger partial charge in [-0.1, -0.05) is 19.3 Å². The van der Waals surface area contributed by atoms with Gasteiger partial charge in [-0.25, -0.2) is 0 Å². The summed E-state index contributed by atoms with van der Waals surface area (Å²) in [5.41, 5.74) is 0.630. The van der Waals surface area contributed by atoms with Crippen molar-refractivity contribution in [3.05, 3.63) is 18.5 Å². The molecule has 0 unspecified atom stereocenters. The van der Waals surface area contributed by atoms with Crippen LogP contribution in [0.1, 0.15) is 38.5 Å². The molecule has 8 heteroatoms. The molecule has 1 amide bonds. The lowest BCUT2D eigenvalue weighted by Gasteiger charge is -2.32. The van der Waals surface area contributed by atoms with Crippen LogP contribution in [0.2, 0.25) is 0 Å². The Morgan fingerprint density at radius 3 is 3.12 bits per heavy atom. The first kappa shape index (κ1) is 15.3. The summed E-state index contributed by atoms with van der Waals surface area (Å²) in [5, 5.41) is 14.8. The van der Waals surface area contributed by atoms with Gasteiger partial charge < -0.3 is 14.8 Å². The zero-order valence-electron chi connectivity index (χ0n) is 13.5. The predicted octanol–water partition coefficient (Wildman–Crippen LogP) is 1.11. The minimum absolute atomic E-state index is 0.00192. The highest BCUT2D eigenvalue weighted by Crippen LogP contribution is 2.39. The van der Waals surface area contributed by atoms with Crippen molar-refractivity contribution >= 4 is 11.6 Å². The number of carbonyl (C=O) groups excluding carboxylic acids is 1. The Balaban J connectivity index is 1.27. The Bertz CT molecular complexity index is 725. The van der Waals surface area contributed by atoms with Gasteiger partial charge in [0.25, 0.3) is 5.91 Å². The molecule has 8 nitrogen and oxygen atoms in total. The summed E-state index contributed by atoms with van der Waals surface area (Å²) >= 11 is 0. The Morgan fingerprint density at radius 1 is 1.38 bits per heavy atom. The third-order valence-electron chi connectivity index (χ3n) is 4.83. The van der Waals surface area contributed by atoms with E-state index in [1.807, 2.05) is 0 Å². The molecule has 2 aromatic rings. The quantitative estimate of drug-likeness (QED) is 0.902. The number of rotatable bonds is 4. The maximum Gasteiger partial charge on any atom is 0.258 e. The number of hydrogen-bond donors (Lipinski definition) is 1. The summed E-state index contributed by atoms with van der Waals surface area (Å²) in [7, 11) is 0. The lowest BCUT2D eigenvalue weighted by molar-refractivity contribution is -0.123. The van der Waals surface area contributed by atoms with Crippen molar-refractivity contribution in [2.24, 2.45) is 0 Å². The fraction of sp³-hybridized carbons (Fsp3) is 0.625. The lowest BCUT2D eigenvalue weighted by Crippen LogP contribution is -2.39. The number of hydrogen-bond acceptors (Lipinski definition) is 6. The molecule has 3 heterocycles. The fourth-order valence-corrected chi connectivity index (χ4v) is 3.68. The zero-order chi connectivity index (χ0) is 16.4. The number of carbonyl (C=O) groups is 1. The second kappa shape index (κ2) is 6.35. The topological polar surface area (TPSA) is 90.6 Å². The second-order valence-electron chi connectivity index (χ2n) is 6.62. The first-order chi connectivity index (χ1) is 11.7. The molecule has 2 aliphatic rings. The van der Waals surface area contributed by atoms with Gasteiger partial charge in [0.05, 0.1) is 18.2 Å². The number of ether oxygens (including phenoxy) is 2. The van der Waals surface area contributed by atoms with Crippen LogP contribution in [0, 0.1) is 0 Å². The number of nitrogens with one attached hydrogen (secondary N) is 1. The van der Waals surface area contributed by atoms with E-state index < -0.39 is 0 Å². The minimum atomic E-state index is -0.151. The van der Waals surface area contributed by atoms with Crippen LogP contribution in [0.3, 0.4) is 0 Å². The van der Waals surface area contributed by atoms with Gasteiger partial charge in [-0.2, -0.15) is 4.52 Å². The largest absolute Gasteiger partial charge is 0.467 e. The van der Waals surface area contributed by atoms with Gasteiger partial charge in [0.15, 0.2) is 12.3 Å². The molecule has 0 radical (unpaired) electrons. The summed E-state index contributed by atoms with van der Waals surface area (Å²) in [6.07, 6.45) is 8.35. The summed E-state index contributed by atoms with van der Waals surface area (Å²) in [4.78, 5) is 12.1. The Labute approximate surface area is 139 Å². The van der Waals surface area contributed by atoms with Gasteiger partial charge in [-0.15, -0.1) is 15.3 Å². The van der Waals surface area contributed by atoms with Crippen LogP contribution in [-0.2, 0) is 9.53 Å². The molecule has 4 rings (SSSR count). The van der Waals surface area contributed by atoms with E-state index in [2.05, 4.69) is 20.6 Å². The van der Waals surface area contributed by atoms with E-state index in [1.165, 1.54) is 30.1 Å². The molecule has 0 aromatic carbocycles. The first-order valence-electron chi connectivity index (χ1n) is 8.46. The van der Waals surface area contributed by atoms with E-state index in [0.717, 1.165) is 19.3 Å². The molecule has 1 N–H and O–H groups in total. The van der Waals surface area contributed by atoms with E-state index in [1.54, 1.807) is 12.1 Å². The predicted molar refractivity (Wildman–Crippen MR) is 84.6 cm³/mol. The maximum absolute atomic E-state index is 12.1. The van der Waals surface area contributed by atoms with Gasteiger partial charge in [0.1, 0.15) is 6.33 Å². The molecule has 0 bridgehead atoms. The number of aromatic nitrogens is 4. The van der Waals surface area contributed by atoms with Gasteiger partial charge in [0, 0.05) is 6.07 Å². The Kier molecular flexibility index (Phi) is 4.05. The maximum atomic E-state index is 12.1. The Hall–Kier alpha value is -2.22. The van der Waals surface area contributed by atoms with E-state index >= 15 is 0 Å². The number of amides is 1. The smallest absolute Gasteiger partial charge is 0.258 e. The van der Waals surface area contributed by atoms with Crippen molar-refractivity contribution in [1.29, 1.82) is 0 Å². The molecule has 1 atom stereocenters. The highest BCUT2D eigenvalue weighted by molar-refractivity contribution is 5.77. The van der Waals surface area contributed by atoms with Crippen LogP contribution in [-0.4, -0.2) is 50.6 Å². The molecule has 2 fully saturated rings. The van der Waals surface area contributed by atoms with Crippen molar-refractivity contribution in [2.75, 3.05) is 13.2 Å². The van der Waals surface area contributed by atoms with Gasteiger partial charge in [0.2, 0.25) is 5.88 Å². The van der Waals surface area contributed by atoms with Crippen LogP contribution in [0.25, 0.3) is 5.65 Å². The van der Waals surface area contributed by atoms with Crippen LogP contribution >= 0.6 is 0 Å². The summed E-state index contributed by atoms with van der Waals surface area (Å²) < 4.78 is 13.0. The normalized spacial score (nSPS) is 22.8. The van der Waals surface area contributed by atoms with Crippen LogP contribution in [0.5, 0.6) is 5.88 Å². The van der Waals surface area contributed by atoms with Crippen molar-refractivity contribution in [3.8, 4) is 5.88 Å². The highest BCUT2D eigenvalue weighted by atomic mass is 16.5.